The highest BCUT2D eigenvalue weighted by atomic mass is 32.2. The molecular weight excluding hydrogens is 432 g/mol. The molecule has 30 heavy (non-hydrogen) atoms. The Morgan fingerprint density at radius 3 is 1.77 bits per heavy atom. The fraction of sp³-hybridized carbons (Fsp3) is 0.250. The van der Waals surface area contributed by atoms with E-state index in [0.717, 1.165) is 11.1 Å². The van der Waals surface area contributed by atoms with Gasteiger partial charge >= 0.3 is 5.97 Å². The van der Waals surface area contributed by atoms with Gasteiger partial charge in [-0.2, -0.15) is 16.8 Å². The van der Waals surface area contributed by atoms with Crippen LogP contribution in [0.3, 0.4) is 0 Å². The molecule has 8 nitrogen and oxygen atoms in total. The Labute approximate surface area is 177 Å². The molecule has 1 unspecified atom stereocenters. The maximum absolute atomic E-state index is 11.9. The number of carbonyl (C=O) groups excluding carboxylic acids is 1. The zero-order chi connectivity index (χ0) is 22.9. The predicted molar refractivity (Wildman–Crippen MR) is 111 cm³/mol. The van der Waals surface area contributed by atoms with Gasteiger partial charge in [0, 0.05) is 6.92 Å². The lowest BCUT2D eigenvalue weighted by atomic mass is 10.2. The maximum Gasteiger partial charge on any atom is 0.303 e. The summed E-state index contributed by atoms with van der Waals surface area (Å²) in [6.07, 6.45) is 0.518. The maximum atomic E-state index is 11.9. The summed E-state index contributed by atoms with van der Waals surface area (Å²) < 4.78 is 62.9. The van der Waals surface area contributed by atoms with Crippen molar-refractivity contribution in [3.63, 3.8) is 0 Å². The van der Waals surface area contributed by atoms with E-state index in [2.05, 4.69) is 6.58 Å². The summed E-state index contributed by atoms with van der Waals surface area (Å²) in [7, 11) is -7.88. The van der Waals surface area contributed by atoms with Gasteiger partial charge < -0.3 is 4.74 Å². The number of esters is 1. The van der Waals surface area contributed by atoms with Crippen molar-refractivity contribution in [1.29, 1.82) is 0 Å². The Morgan fingerprint density at radius 2 is 1.40 bits per heavy atom. The minimum atomic E-state index is -4.02. The summed E-state index contributed by atoms with van der Waals surface area (Å²) in [6.45, 7) is 8.08. The Morgan fingerprint density at radius 1 is 0.967 bits per heavy atom. The summed E-state index contributed by atoms with van der Waals surface area (Å²) in [5, 5.41) is 0. The van der Waals surface area contributed by atoms with Crippen molar-refractivity contribution in [2.45, 2.75) is 36.7 Å². The van der Waals surface area contributed by atoms with Gasteiger partial charge in [0.15, 0.2) is 0 Å². The molecule has 0 aromatic heterocycles. The number of hydrogen-bond donors (Lipinski definition) is 1. The van der Waals surface area contributed by atoms with Crippen molar-refractivity contribution >= 4 is 26.2 Å². The average molecular weight is 457 g/mol. The normalized spacial score (nSPS) is 12.3. The number of rotatable bonds is 7. The SMILES string of the molecule is C=CC(COS(=O)(=O)c1ccc(C)cc1)OC(C)=O.Cc1ccc(S(=O)(=O)O)cc1. The van der Waals surface area contributed by atoms with E-state index < -0.39 is 32.3 Å². The Balaban J connectivity index is 0.000000346. The molecule has 0 amide bonds. The lowest BCUT2D eigenvalue weighted by Crippen LogP contribution is -2.22. The van der Waals surface area contributed by atoms with E-state index in [1.165, 1.54) is 37.3 Å². The van der Waals surface area contributed by atoms with Gasteiger partial charge in [-0.05, 0) is 44.2 Å². The fourth-order valence-corrected chi connectivity index (χ4v) is 3.40. The number of hydrogen-bond acceptors (Lipinski definition) is 7. The average Bonchev–Trinajstić information content (AvgIpc) is 2.65. The molecule has 10 heteroatoms. The predicted octanol–water partition coefficient (Wildman–Crippen LogP) is 3.06. The van der Waals surface area contributed by atoms with Crippen LogP contribution in [0, 0.1) is 13.8 Å². The third-order valence-corrected chi connectivity index (χ3v) is 5.76. The van der Waals surface area contributed by atoms with Gasteiger partial charge in [-0.15, -0.1) is 0 Å². The molecule has 2 aromatic carbocycles. The van der Waals surface area contributed by atoms with Gasteiger partial charge in [-0.25, -0.2) is 0 Å². The second-order valence-electron chi connectivity index (χ2n) is 6.22. The highest BCUT2D eigenvalue weighted by molar-refractivity contribution is 7.86. The molecule has 1 atom stereocenters. The highest BCUT2D eigenvalue weighted by Crippen LogP contribution is 2.14. The largest absolute Gasteiger partial charge is 0.456 e. The van der Waals surface area contributed by atoms with Crippen molar-refractivity contribution in [1.82, 2.24) is 0 Å². The van der Waals surface area contributed by atoms with Gasteiger partial charge in [0.05, 0.1) is 9.79 Å². The van der Waals surface area contributed by atoms with Crippen LogP contribution in [0.15, 0.2) is 71.0 Å². The Hall–Kier alpha value is -2.53. The van der Waals surface area contributed by atoms with E-state index in [4.69, 9.17) is 13.5 Å². The number of benzene rings is 2. The Kier molecular flexibility index (Phi) is 9.37. The zero-order valence-corrected chi connectivity index (χ0v) is 18.4. The summed E-state index contributed by atoms with van der Waals surface area (Å²) in [5.74, 6) is -0.527. The van der Waals surface area contributed by atoms with Gasteiger partial charge in [0.25, 0.3) is 20.2 Å². The molecular formula is C20H24O8S2. The monoisotopic (exact) mass is 456 g/mol. The summed E-state index contributed by atoms with van der Waals surface area (Å²) in [6, 6.07) is 12.3. The minimum Gasteiger partial charge on any atom is -0.456 e. The number of ether oxygens (including phenoxy) is 1. The second kappa shape index (κ2) is 11.0. The van der Waals surface area contributed by atoms with Crippen molar-refractivity contribution in [2.24, 2.45) is 0 Å². The molecule has 0 aliphatic carbocycles. The molecule has 0 radical (unpaired) electrons. The van der Waals surface area contributed by atoms with Crippen molar-refractivity contribution in [3.8, 4) is 0 Å². The first kappa shape index (κ1) is 25.5. The van der Waals surface area contributed by atoms with Gasteiger partial charge in [0.1, 0.15) is 12.7 Å². The van der Waals surface area contributed by atoms with Crippen LogP contribution in [0.25, 0.3) is 0 Å². The molecule has 0 spiro atoms. The Bertz CT molecular complexity index is 1050. The van der Waals surface area contributed by atoms with E-state index >= 15 is 0 Å². The molecule has 0 fully saturated rings. The van der Waals surface area contributed by atoms with E-state index in [1.807, 2.05) is 13.8 Å². The smallest absolute Gasteiger partial charge is 0.303 e. The molecule has 0 heterocycles. The van der Waals surface area contributed by atoms with E-state index in [-0.39, 0.29) is 16.4 Å². The molecule has 0 aliphatic rings. The van der Waals surface area contributed by atoms with Gasteiger partial charge in [0.2, 0.25) is 0 Å². The number of aryl methyl sites for hydroxylation is 2. The van der Waals surface area contributed by atoms with Crippen LogP contribution in [0.5, 0.6) is 0 Å². The molecule has 164 valence electrons. The quantitative estimate of drug-likeness (QED) is 0.292. The van der Waals surface area contributed by atoms with Crippen LogP contribution in [-0.4, -0.2) is 40.1 Å². The molecule has 1 N–H and O–H groups in total. The van der Waals surface area contributed by atoms with Crippen LogP contribution in [-0.2, 0) is 34.0 Å². The lowest BCUT2D eigenvalue weighted by Gasteiger charge is -2.13. The molecule has 0 bridgehead atoms. The third kappa shape index (κ3) is 8.87. The van der Waals surface area contributed by atoms with Crippen LogP contribution in [0.4, 0.5) is 0 Å². The van der Waals surface area contributed by atoms with E-state index in [1.54, 1.807) is 24.3 Å². The summed E-state index contributed by atoms with van der Waals surface area (Å²) in [5.41, 5.74) is 1.90. The van der Waals surface area contributed by atoms with Crippen LogP contribution in [0.1, 0.15) is 18.1 Å². The first-order valence-electron chi connectivity index (χ1n) is 8.65. The fourth-order valence-electron chi connectivity index (χ4n) is 2.00. The third-order valence-electron chi connectivity index (χ3n) is 3.60. The second-order valence-corrected chi connectivity index (χ2v) is 9.26. The van der Waals surface area contributed by atoms with Crippen LogP contribution >= 0.6 is 0 Å². The van der Waals surface area contributed by atoms with Crippen molar-refractivity contribution in [2.75, 3.05) is 6.61 Å². The molecule has 0 saturated heterocycles. The zero-order valence-electron chi connectivity index (χ0n) is 16.8. The van der Waals surface area contributed by atoms with Gasteiger partial charge in [-0.1, -0.05) is 42.0 Å². The van der Waals surface area contributed by atoms with E-state index in [9.17, 15) is 21.6 Å². The van der Waals surface area contributed by atoms with Crippen LogP contribution in [0.2, 0.25) is 0 Å². The standard InChI is InChI=1S/C13H16O5S.C7H8O3S/c1-4-12(18-11(3)14)9-17-19(15,16)13-7-5-10(2)6-8-13;1-6-2-4-7(5-3-6)11(8,9)10/h4-8,12H,1,9H2,2-3H3;2-5H,1H3,(H,8,9,10). The molecule has 0 aliphatic heterocycles. The van der Waals surface area contributed by atoms with Crippen molar-refractivity contribution < 1.29 is 35.1 Å². The molecule has 2 aromatic rings. The van der Waals surface area contributed by atoms with E-state index in [0.29, 0.717) is 0 Å². The molecule has 0 saturated carbocycles. The van der Waals surface area contributed by atoms with Crippen LogP contribution < -0.4 is 0 Å². The van der Waals surface area contributed by atoms with Gasteiger partial charge in [-0.3, -0.25) is 13.5 Å². The molecule has 2 rings (SSSR count). The minimum absolute atomic E-state index is 0.0590. The first-order valence-corrected chi connectivity index (χ1v) is 11.5. The first-order chi connectivity index (χ1) is 13.8. The number of carbonyl (C=O) groups is 1. The summed E-state index contributed by atoms with van der Waals surface area (Å²) >= 11 is 0. The summed E-state index contributed by atoms with van der Waals surface area (Å²) in [4.78, 5) is 10.8. The lowest BCUT2D eigenvalue weighted by molar-refractivity contribution is -0.145. The van der Waals surface area contributed by atoms with Crippen molar-refractivity contribution in [3.05, 3.63) is 72.3 Å². The highest BCUT2D eigenvalue weighted by Gasteiger charge is 2.18. The topological polar surface area (TPSA) is 124 Å².